The molecule has 8 heteroatoms. The van der Waals surface area contributed by atoms with E-state index in [0.717, 1.165) is 18.5 Å². The number of piperidine rings is 1. The summed E-state index contributed by atoms with van der Waals surface area (Å²) >= 11 is 0. The molecule has 1 unspecified atom stereocenters. The van der Waals surface area contributed by atoms with Gasteiger partial charge in [0.25, 0.3) is 0 Å². The average Bonchev–Trinajstić information content (AvgIpc) is 3.35. The van der Waals surface area contributed by atoms with E-state index in [4.69, 9.17) is 0 Å². The van der Waals surface area contributed by atoms with E-state index in [2.05, 4.69) is 0 Å². The predicted octanol–water partition coefficient (Wildman–Crippen LogP) is 3.74. The number of amides is 1. The topological polar surface area (TPSA) is 82.9 Å². The zero-order valence-electron chi connectivity index (χ0n) is 19.0. The number of fused-ring (bicyclic) bond motifs is 1. The van der Waals surface area contributed by atoms with Crippen molar-refractivity contribution in [1.29, 1.82) is 0 Å². The molecule has 5 rings (SSSR count). The number of aromatic nitrogens is 1. The molecule has 0 saturated carbocycles. The second-order valence-corrected chi connectivity index (χ2v) is 10.9. The van der Waals surface area contributed by atoms with Crippen LogP contribution in [0.15, 0.2) is 77.8 Å². The van der Waals surface area contributed by atoms with Gasteiger partial charge in [-0.1, -0.05) is 30.3 Å². The largest absolute Gasteiger partial charge is 0.508 e. The van der Waals surface area contributed by atoms with Crippen molar-refractivity contribution in [3.8, 4) is 5.75 Å². The fourth-order valence-electron chi connectivity index (χ4n) is 5.17. The molecule has 0 bridgehead atoms. The zero-order valence-corrected chi connectivity index (χ0v) is 19.8. The molecule has 1 fully saturated rings. The Bertz CT molecular complexity index is 1250. The summed E-state index contributed by atoms with van der Waals surface area (Å²) in [5, 5.41) is 9.53. The third-order valence-corrected chi connectivity index (χ3v) is 8.97. The summed E-state index contributed by atoms with van der Waals surface area (Å²) in [6.07, 6.45) is 3.77. The van der Waals surface area contributed by atoms with E-state index < -0.39 is 16.1 Å². The lowest BCUT2D eigenvalue weighted by Crippen LogP contribution is -2.45. The molecule has 3 heterocycles. The number of phenolic OH excluding ortho intramolecular Hbond substituents is 1. The van der Waals surface area contributed by atoms with Crippen LogP contribution in [-0.4, -0.2) is 52.8 Å². The molecule has 1 saturated heterocycles. The van der Waals surface area contributed by atoms with Gasteiger partial charge < -0.3 is 14.6 Å². The highest BCUT2D eigenvalue weighted by atomic mass is 32.2. The standard InChI is InChI=1S/C26H29N3O4S/c30-22-10-8-20(9-11-22)21-12-15-28(16-13-21)26(31)19-25-24-7-4-14-27(24)17-18-29(25)34(32,33)23-5-2-1-3-6-23/h1-11,14,21,25,30H,12-13,15-19H2. The van der Waals surface area contributed by atoms with Gasteiger partial charge in [-0.25, -0.2) is 8.42 Å². The first-order valence-electron chi connectivity index (χ1n) is 11.7. The quantitative estimate of drug-likeness (QED) is 0.604. The van der Waals surface area contributed by atoms with Crippen molar-refractivity contribution < 1.29 is 18.3 Å². The van der Waals surface area contributed by atoms with E-state index in [0.29, 0.717) is 32.1 Å². The first-order chi connectivity index (χ1) is 16.4. The van der Waals surface area contributed by atoms with Gasteiger partial charge >= 0.3 is 0 Å². The van der Waals surface area contributed by atoms with E-state index in [1.54, 1.807) is 42.5 Å². The van der Waals surface area contributed by atoms with E-state index in [9.17, 15) is 18.3 Å². The van der Waals surface area contributed by atoms with Gasteiger partial charge in [-0.2, -0.15) is 4.31 Å². The molecule has 0 radical (unpaired) electrons. The lowest BCUT2D eigenvalue weighted by atomic mass is 9.89. The number of benzene rings is 2. The van der Waals surface area contributed by atoms with Crippen molar-refractivity contribution >= 4 is 15.9 Å². The van der Waals surface area contributed by atoms with Crippen molar-refractivity contribution in [3.63, 3.8) is 0 Å². The van der Waals surface area contributed by atoms with Crippen LogP contribution in [0.3, 0.4) is 0 Å². The van der Waals surface area contributed by atoms with Crippen LogP contribution in [0.2, 0.25) is 0 Å². The smallest absolute Gasteiger partial charge is 0.243 e. The van der Waals surface area contributed by atoms with Crippen LogP contribution in [-0.2, 0) is 21.4 Å². The Kier molecular flexibility index (Phi) is 6.18. The lowest BCUT2D eigenvalue weighted by molar-refractivity contribution is -0.133. The highest BCUT2D eigenvalue weighted by molar-refractivity contribution is 7.89. The molecular weight excluding hydrogens is 450 g/mol. The first kappa shape index (κ1) is 22.7. The lowest BCUT2D eigenvalue weighted by Gasteiger charge is -2.38. The molecule has 2 aliphatic heterocycles. The molecule has 0 spiro atoms. The number of likely N-dealkylation sites (tertiary alicyclic amines) is 1. The number of nitrogens with zero attached hydrogens (tertiary/aromatic N) is 3. The van der Waals surface area contributed by atoms with Gasteiger partial charge in [-0.3, -0.25) is 4.79 Å². The van der Waals surface area contributed by atoms with E-state index in [1.165, 1.54) is 9.87 Å². The van der Waals surface area contributed by atoms with Crippen molar-refractivity contribution in [2.24, 2.45) is 0 Å². The summed E-state index contributed by atoms with van der Waals surface area (Å²) in [6.45, 7) is 2.18. The number of carbonyl (C=O) groups is 1. The maximum absolute atomic E-state index is 13.5. The molecule has 0 aliphatic carbocycles. The highest BCUT2D eigenvalue weighted by Gasteiger charge is 2.38. The summed E-state index contributed by atoms with van der Waals surface area (Å²) < 4.78 is 30.5. The van der Waals surface area contributed by atoms with Crippen LogP contribution in [0.4, 0.5) is 0 Å². The molecule has 1 amide bonds. The maximum atomic E-state index is 13.5. The molecule has 1 atom stereocenters. The third kappa shape index (κ3) is 4.35. The Balaban J connectivity index is 1.32. The van der Waals surface area contributed by atoms with Crippen LogP contribution in [0.1, 0.15) is 42.5 Å². The van der Waals surface area contributed by atoms with Gasteiger partial charge in [0.1, 0.15) is 5.75 Å². The molecule has 3 aromatic rings. The fourth-order valence-corrected chi connectivity index (χ4v) is 6.78. The Morgan fingerprint density at radius 2 is 1.59 bits per heavy atom. The molecule has 1 aromatic heterocycles. The van der Waals surface area contributed by atoms with Gasteiger partial charge in [-0.15, -0.1) is 0 Å². The van der Waals surface area contributed by atoms with Gasteiger partial charge in [-0.05, 0) is 60.7 Å². The first-order valence-corrected chi connectivity index (χ1v) is 13.2. The Morgan fingerprint density at radius 3 is 2.29 bits per heavy atom. The summed E-state index contributed by atoms with van der Waals surface area (Å²) in [7, 11) is -3.73. The van der Waals surface area contributed by atoms with Crippen LogP contribution in [0.5, 0.6) is 5.75 Å². The monoisotopic (exact) mass is 479 g/mol. The highest BCUT2D eigenvalue weighted by Crippen LogP contribution is 2.35. The number of carbonyl (C=O) groups excluding carboxylic acids is 1. The molecule has 7 nitrogen and oxygen atoms in total. The van der Waals surface area contributed by atoms with Gasteiger partial charge in [0, 0.05) is 44.5 Å². The van der Waals surface area contributed by atoms with Crippen LogP contribution in [0, 0.1) is 0 Å². The van der Waals surface area contributed by atoms with Crippen LogP contribution in [0.25, 0.3) is 0 Å². The summed E-state index contributed by atoms with van der Waals surface area (Å²) in [4.78, 5) is 15.5. The molecule has 34 heavy (non-hydrogen) atoms. The van der Waals surface area contributed by atoms with E-state index in [1.807, 2.05) is 39.9 Å². The molecule has 2 aromatic carbocycles. The minimum Gasteiger partial charge on any atom is -0.508 e. The minimum atomic E-state index is -3.73. The normalized spacial score (nSPS) is 19.6. The SMILES string of the molecule is O=C(CC1c2cccn2CCN1S(=O)(=O)c1ccccc1)N1CCC(c2ccc(O)cc2)CC1. The van der Waals surface area contributed by atoms with Gasteiger partial charge in [0.2, 0.25) is 15.9 Å². The second-order valence-electron chi connectivity index (χ2n) is 9.02. The average molecular weight is 480 g/mol. The number of aromatic hydroxyl groups is 1. The van der Waals surface area contributed by atoms with Crippen LogP contribution < -0.4 is 0 Å². The van der Waals surface area contributed by atoms with Crippen LogP contribution >= 0.6 is 0 Å². The minimum absolute atomic E-state index is 0.0166. The fraction of sp³-hybridized carbons (Fsp3) is 0.346. The van der Waals surface area contributed by atoms with E-state index in [-0.39, 0.29) is 23.0 Å². The summed E-state index contributed by atoms with van der Waals surface area (Å²) in [5.74, 6) is 0.590. The van der Waals surface area contributed by atoms with Crippen molar-refractivity contribution in [2.75, 3.05) is 19.6 Å². The van der Waals surface area contributed by atoms with Crippen molar-refractivity contribution in [3.05, 3.63) is 84.2 Å². The number of hydrogen-bond donors (Lipinski definition) is 1. The number of phenols is 1. The zero-order chi connectivity index (χ0) is 23.7. The Labute approximate surface area is 200 Å². The third-order valence-electron chi connectivity index (χ3n) is 7.04. The molecule has 178 valence electrons. The summed E-state index contributed by atoms with van der Waals surface area (Å²) in [6, 6.07) is 19.0. The second kappa shape index (κ2) is 9.27. The molecule has 1 N–H and O–H groups in total. The van der Waals surface area contributed by atoms with Gasteiger partial charge in [0.15, 0.2) is 0 Å². The van der Waals surface area contributed by atoms with Gasteiger partial charge in [0.05, 0.1) is 10.9 Å². The Hall–Kier alpha value is -3.10. The number of sulfonamides is 1. The Morgan fingerprint density at radius 1 is 0.882 bits per heavy atom. The predicted molar refractivity (Wildman–Crippen MR) is 129 cm³/mol. The number of hydrogen-bond acceptors (Lipinski definition) is 4. The number of rotatable bonds is 5. The summed E-state index contributed by atoms with van der Waals surface area (Å²) in [5.41, 5.74) is 2.04. The maximum Gasteiger partial charge on any atom is 0.243 e. The molecular formula is C26H29N3O4S. The van der Waals surface area contributed by atoms with Crippen molar-refractivity contribution in [2.45, 2.75) is 42.7 Å². The van der Waals surface area contributed by atoms with Crippen molar-refractivity contribution in [1.82, 2.24) is 13.8 Å². The van der Waals surface area contributed by atoms with E-state index >= 15 is 0 Å². The molecule has 2 aliphatic rings.